The molecule has 0 saturated carbocycles. The number of carbonyl (C=O) groups is 3. The van der Waals surface area contributed by atoms with Crippen molar-refractivity contribution in [2.75, 3.05) is 39.8 Å². The van der Waals surface area contributed by atoms with Crippen LogP contribution in [0.3, 0.4) is 0 Å². The van der Waals surface area contributed by atoms with Crippen LogP contribution in [0.4, 0.5) is 0 Å². The second-order valence-corrected chi connectivity index (χ2v) is 13.2. The molecule has 2 aromatic carbocycles. The van der Waals surface area contributed by atoms with E-state index in [4.69, 9.17) is 27.1 Å². The summed E-state index contributed by atoms with van der Waals surface area (Å²) in [5.41, 5.74) is 10.4. The third kappa shape index (κ3) is 6.98. The highest BCUT2D eigenvalue weighted by molar-refractivity contribution is 7.15. The molecule has 14 heteroatoms. The Balaban J connectivity index is 0.00000468. The van der Waals surface area contributed by atoms with Crippen molar-refractivity contribution in [3.63, 3.8) is 0 Å². The fourth-order valence-electron chi connectivity index (χ4n) is 5.98. The Hall–Kier alpha value is -4.54. The third-order valence-corrected chi connectivity index (χ3v) is 10.1. The Labute approximate surface area is 299 Å². The standard InChI is InChI=1S/C35H34ClN7O4S.ClH/c1-20-21(2)48-34-30(20)31(23-7-10-26(36)11-8-23)38-28(32-40-39-22(3)43(32)34)19-29(44)41-14-16-42(17-15-41)33(45)25-9-12-27(35(46)47-4)24(18-25)6-5-13-37;/h7-12,18,28H,13-17,19,37H2,1-4H3;1H/t28-;/m0./s1. The minimum atomic E-state index is -0.579. The number of esters is 1. The molecular formula is C35H35Cl2N7O4S. The molecule has 1 saturated heterocycles. The number of aromatic nitrogens is 3. The molecule has 2 aromatic heterocycles. The first-order valence-electron chi connectivity index (χ1n) is 15.5. The van der Waals surface area contributed by atoms with E-state index in [-0.39, 0.29) is 42.8 Å². The number of carbonyl (C=O) groups excluding carboxylic acids is 3. The number of benzene rings is 2. The summed E-state index contributed by atoms with van der Waals surface area (Å²) in [6.45, 7) is 7.61. The lowest BCUT2D eigenvalue weighted by molar-refractivity contribution is -0.133. The van der Waals surface area contributed by atoms with Crippen LogP contribution in [0.25, 0.3) is 5.00 Å². The number of thiophene rings is 1. The largest absolute Gasteiger partial charge is 0.465 e. The molecular weight excluding hydrogens is 685 g/mol. The quantitative estimate of drug-likeness (QED) is 0.234. The Morgan fingerprint density at radius 2 is 1.71 bits per heavy atom. The van der Waals surface area contributed by atoms with Crippen LogP contribution in [0.2, 0.25) is 5.02 Å². The number of amides is 2. The van der Waals surface area contributed by atoms with Crippen LogP contribution in [0.1, 0.15) is 72.0 Å². The highest BCUT2D eigenvalue weighted by atomic mass is 35.5. The van der Waals surface area contributed by atoms with Gasteiger partial charge in [0.1, 0.15) is 16.9 Å². The molecule has 4 aromatic rings. The van der Waals surface area contributed by atoms with Crippen molar-refractivity contribution in [2.45, 2.75) is 33.2 Å². The average Bonchev–Trinajstić information content (AvgIpc) is 3.58. The minimum Gasteiger partial charge on any atom is -0.465 e. The zero-order valence-electron chi connectivity index (χ0n) is 27.4. The maximum absolute atomic E-state index is 13.8. The molecule has 2 aliphatic heterocycles. The van der Waals surface area contributed by atoms with Crippen LogP contribution in [-0.4, -0.2) is 87.9 Å². The van der Waals surface area contributed by atoms with E-state index < -0.39 is 12.0 Å². The number of piperazine rings is 1. The minimum absolute atomic E-state index is 0. The van der Waals surface area contributed by atoms with Crippen LogP contribution < -0.4 is 5.73 Å². The van der Waals surface area contributed by atoms with Crippen molar-refractivity contribution in [1.82, 2.24) is 24.6 Å². The number of halogens is 2. The van der Waals surface area contributed by atoms with Gasteiger partial charge in [-0.3, -0.25) is 19.1 Å². The molecule has 0 unspecified atom stereocenters. The predicted octanol–water partition coefficient (Wildman–Crippen LogP) is 4.69. The molecule has 1 atom stereocenters. The molecule has 0 spiro atoms. The van der Waals surface area contributed by atoms with Gasteiger partial charge in [-0.05, 0) is 56.7 Å². The Bertz CT molecular complexity index is 2020. The second kappa shape index (κ2) is 14.9. The summed E-state index contributed by atoms with van der Waals surface area (Å²) in [6, 6.07) is 11.7. The number of aryl methyl sites for hydroxylation is 2. The molecule has 49 heavy (non-hydrogen) atoms. The Kier molecular flexibility index (Phi) is 10.9. The van der Waals surface area contributed by atoms with Crippen LogP contribution in [-0.2, 0) is 9.53 Å². The van der Waals surface area contributed by atoms with Gasteiger partial charge in [-0.2, -0.15) is 0 Å². The fourth-order valence-corrected chi connectivity index (χ4v) is 7.32. The van der Waals surface area contributed by atoms with E-state index in [1.165, 1.54) is 18.1 Å². The summed E-state index contributed by atoms with van der Waals surface area (Å²) in [6.07, 6.45) is 0.0916. The van der Waals surface area contributed by atoms with Crippen molar-refractivity contribution in [3.05, 3.63) is 97.4 Å². The van der Waals surface area contributed by atoms with Gasteiger partial charge >= 0.3 is 5.97 Å². The SMILES string of the molecule is COC(=O)c1ccc(C(=O)N2CCN(C(=O)C[C@@H]3N=C(c4ccc(Cl)cc4)c4c(sc(C)c4C)-n4c(C)nnc43)CC2)cc1C#CCN.Cl. The van der Waals surface area contributed by atoms with Crippen molar-refractivity contribution in [1.29, 1.82) is 0 Å². The van der Waals surface area contributed by atoms with Crippen LogP contribution in [0, 0.1) is 32.6 Å². The first-order valence-corrected chi connectivity index (χ1v) is 16.7. The molecule has 0 bridgehead atoms. The summed E-state index contributed by atoms with van der Waals surface area (Å²) in [7, 11) is 1.29. The summed E-state index contributed by atoms with van der Waals surface area (Å²) >= 11 is 7.89. The van der Waals surface area contributed by atoms with Crippen molar-refractivity contribution in [3.8, 4) is 16.8 Å². The first-order chi connectivity index (χ1) is 23.1. The zero-order chi connectivity index (χ0) is 34.1. The number of fused-ring (bicyclic) bond motifs is 3. The van der Waals surface area contributed by atoms with Gasteiger partial charge in [-0.25, -0.2) is 4.79 Å². The Morgan fingerprint density at radius 3 is 2.39 bits per heavy atom. The van der Waals surface area contributed by atoms with Gasteiger partial charge in [0.2, 0.25) is 5.91 Å². The number of rotatable bonds is 5. The van der Waals surface area contributed by atoms with E-state index in [1.54, 1.807) is 33.3 Å². The third-order valence-electron chi connectivity index (χ3n) is 8.64. The smallest absolute Gasteiger partial charge is 0.339 e. The molecule has 2 N–H and O–H groups in total. The highest BCUT2D eigenvalue weighted by Crippen LogP contribution is 2.39. The first kappa shape index (κ1) is 35.8. The molecule has 254 valence electrons. The summed E-state index contributed by atoms with van der Waals surface area (Å²) in [4.78, 5) is 49.4. The van der Waals surface area contributed by atoms with E-state index in [0.717, 1.165) is 33.2 Å². The van der Waals surface area contributed by atoms with E-state index >= 15 is 0 Å². The fraction of sp³-hybridized carbons (Fsp3) is 0.314. The maximum atomic E-state index is 13.8. The van der Waals surface area contributed by atoms with Gasteiger partial charge in [0.05, 0.1) is 31.4 Å². The highest BCUT2D eigenvalue weighted by Gasteiger charge is 2.34. The molecule has 2 amide bonds. The summed E-state index contributed by atoms with van der Waals surface area (Å²) in [5, 5.41) is 10.5. The van der Waals surface area contributed by atoms with Crippen molar-refractivity contribution < 1.29 is 19.1 Å². The number of ether oxygens (including phenoxy) is 1. The zero-order valence-corrected chi connectivity index (χ0v) is 29.8. The lowest BCUT2D eigenvalue weighted by Crippen LogP contribution is -2.50. The number of nitrogens with two attached hydrogens (primary N) is 1. The average molecular weight is 721 g/mol. The molecule has 2 aliphatic rings. The van der Waals surface area contributed by atoms with Gasteiger partial charge in [-0.1, -0.05) is 35.6 Å². The van der Waals surface area contributed by atoms with E-state index in [2.05, 4.69) is 35.9 Å². The molecule has 0 aliphatic carbocycles. The van der Waals surface area contributed by atoms with Gasteiger partial charge < -0.3 is 20.3 Å². The molecule has 0 radical (unpaired) electrons. The molecule has 1 fully saturated rings. The second-order valence-electron chi connectivity index (χ2n) is 11.5. The van der Waals surface area contributed by atoms with E-state index in [1.807, 2.05) is 35.8 Å². The van der Waals surface area contributed by atoms with Crippen LogP contribution >= 0.6 is 35.3 Å². The summed E-state index contributed by atoms with van der Waals surface area (Å²) < 4.78 is 6.88. The predicted molar refractivity (Wildman–Crippen MR) is 191 cm³/mol. The Morgan fingerprint density at radius 1 is 1.02 bits per heavy atom. The van der Waals surface area contributed by atoms with Gasteiger partial charge in [0.25, 0.3) is 5.91 Å². The van der Waals surface area contributed by atoms with Crippen molar-refractivity contribution in [2.24, 2.45) is 10.7 Å². The van der Waals surface area contributed by atoms with E-state index in [0.29, 0.717) is 48.2 Å². The summed E-state index contributed by atoms with van der Waals surface area (Å²) in [5.74, 6) is 6.09. The van der Waals surface area contributed by atoms with Crippen molar-refractivity contribution >= 4 is 58.8 Å². The number of aliphatic imine (C=N–C) groups is 1. The van der Waals surface area contributed by atoms with E-state index in [9.17, 15) is 14.4 Å². The normalized spacial score (nSPS) is 15.1. The topological polar surface area (TPSA) is 136 Å². The monoisotopic (exact) mass is 719 g/mol. The maximum Gasteiger partial charge on any atom is 0.339 e. The molecule has 6 rings (SSSR count). The lowest BCUT2D eigenvalue weighted by atomic mass is 9.99. The number of hydrogen-bond donors (Lipinski definition) is 1. The number of nitrogens with zero attached hydrogens (tertiary/aromatic N) is 6. The van der Waals surface area contributed by atoms with Gasteiger partial charge in [0.15, 0.2) is 5.82 Å². The molecule has 11 nitrogen and oxygen atoms in total. The van der Waals surface area contributed by atoms with Gasteiger partial charge in [-0.15, -0.1) is 33.9 Å². The van der Waals surface area contributed by atoms with Crippen LogP contribution in [0.5, 0.6) is 0 Å². The van der Waals surface area contributed by atoms with Crippen LogP contribution in [0.15, 0.2) is 47.5 Å². The lowest BCUT2D eigenvalue weighted by Gasteiger charge is -2.35. The number of hydrogen-bond acceptors (Lipinski definition) is 9. The number of methoxy groups -OCH3 is 1. The van der Waals surface area contributed by atoms with Gasteiger partial charge in [0, 0.05) is 58.3 Å². The molecule has 4 heterocycles.